The summed E-state index contributed by atoms with van der Waals surface area (Å²) in [6.07, 6.45) is 2.62. The van der Waals surface area contributed by atoms with Crippen LogP contribution in [-0.4, -0.2) is 31.2 Å². The molecule has 0 N–H and O–H groups in total. The molecular weight excluding hydrogens is 318 g/mol. The molecule has 4 heterocycles. The maximum absolute atomic E-state index is 5.78. The third kappa shape index (κ3) is 2.89. The number of nitrogens with zero attached hydrogens (tertiary/aromatic N) is 5. The summed E-state index contributed by atoms with van der Waals surface area (Å²) in [5, 5.41) is 8.28. The molecule has 3 aromatic rings. The van der Waals surface area contributed by atoms with Crippen molar-refractivity contribution in [2.45, 2.75) is 46.2 Å². The molecule has 1 aliphatic heterocycles. The van der Waals surface area contributed by atoms with Gasteiger partial charge in [-0.25, -0.2) is 4.98 Å². The molecule has 4 rings (SSSR count). The number of hydrogen-bond acceptors (Lipinski definition) is 6. The normalized spacial score (nSPS) is 15.1. The second-order valence-electron chi connectivity index (χ2n) is 6.97. The Morgan fingerprint density at radius 3 is 2.84 bits per heavy atom. The Hall–Kier alpha value is -2.41. The highest BCUT2D eigenvalue weighted by Gasteiger charge is 2.25. The monoisotopic (exact) mass is 341 g/mol. The fourth-order valence-electron chi connectivity index (χ4n) is 3.45. The van der Waals surface area contributed by atoms with Gasteiger partial charge in [0.25, 0.3) is 5.89 Å². The van der Waals surface area contributed by atoms with Gasteiger partial charge < -0.3 is 13.4 Å². The number of aromatic nitrogens is 4. The molecule has 0 amide bonds. The zero-order chi connectivity index (χ0) is 17.6. The van der Waals surface area contributed by atoms with Crippen molar-refractivity contribution in [1.29, 1.82) is 0 Å². The Morgan fingerprint density at radius 2 is 2.12 bits per heavy atom. The second-order valence-corrected chi connectivity index (χ2v) is 6.97. The summed E-state index contributed by atoms with van der Waals surface area (Å²) in [5.41, 5.74) is 3.50. The lowest BCUT2D eigenvalue weighted by Gasteiger charge is -2.25. The fraction of sp³-hybridized carbons (Fsp3) is 0.500. The molecule has 0 spiro atoms. The van der Waals surface area contributed by atoms with Gasteiger partial charge in [-0.1, -0.05) is 13.8 Å². The number of hydrogen-bond donors (Lipinski definition) is 0. The summed E-state index contributed by atoms with van der Waals surface area (Å²) in [6, 6.07) is 1.89. The van der Waals surface area contributed by atoms with Crippen LogP contribution < -0.4 is 0 Å². The maximum atomic E-state index is 5.78. The zero-order valence-electron chi connectivity index (χ0n) is 15.1. The lowest BCUT2D eigenvalue weighted by molar-refractivity contribution is 0.217. The molecule has 7 nitrogen and oxygen atoms in total. The van der Waals surface area contributed by atoms with Crippen molar-refractivity contribution in [3.63, 3.8) is 0 Å². The van der Waals surface area contributed by atoms with Crippen LogP contribution in [0.2, 0.25) is 0 Å². The molecule has 0 aromatic carbocycles. The van der Waals surface area contributed by atoms with Gasteiger partial charge in [0, 0.05) is 43.7 Å². The molecule has 0 aliphatic carbocycles. The van der Waals surface area contributed by atoms with Crippen molar-refractivity contribution in [1.82, 2.24) is 24.6 Å². The average Bonchev–Trinajstić information content (AvgIpc) is 3.27. The predicted molar refractivity (Wildman–Crippen MR) is 91.9 cm³/mol. The van der Waals surface area contributed by atoms with E-state index in [1.54, 1.807) is 6.26 Å². The zero-order valence-corrected chi connectivity index (χ0v) is 15.1. The summed E-state index contributed by atoms with van der Waals surface area (Å²) in [4.78, 5) is 7.14. The van der Waals surface area contributed by atoms with Gasteiger partial charge in [-0.3, -0.25) is 4.90 Å². The van der Waals surface area contributed by atoms with Crippen molar-refractivity contribution in [3.8, 4) is 11.7 Å². The topological polar surface area (TPSA) is 73.1 Å². The van der Waals surface area contributed by atoms with Crippen LogP contribution in [0.3, 0.4) is 0 Å². The maximum Gasteiger partial charge on any atom is 0.283 e. The quantitative estimate of drug-likeness (QED) is 0.726. The van der Waals surface area contributed by atoms with Gasteiger partial charge in [0.05, 0.1) is 18.5 Å². The molecular formula is C18H23N5O2. The molecule has 0 atom stereocenters. The van der Waals surface area contributed by atoms with E-state index in [-0.39, 0.29) is 0 Å². The predicted octanol–water partition coefficient (Wildman–Crippen LogP) is 3.05. The first-order valence-electron chi connectivity index (χ1n) is 8.66. The standard InChI is InChI=1S/C18H23N5O2/c1-11(2)17-19-13-9-23(7-5-14(13)22(17)4)10-15-20-21-18(25-15)16-12(3)6-8-24-16/h6,8,11H,5,7,9-10H2,1-4H3. The number of imidazole rings is 1. The van der Waals surface area contributed by atoms with Crippen molar-refractivity contribution in [2.24, 2.45) is 7.05 Å². The lowest BCUT2D eigenvalue weighted by Crippen LogP contribution is -2.30. The van der Waals surface area contributed by atoms with Gasteiger partial charge in [-0.15, -0.1) is 10.2 Å². The number of fused-ring (bicyclic) bond motifs is 1. The van der Waals surface area contributed by atoms with Crippen molar-refractivity contribution in [3.05, 3.63) is 41.0 Å². The summed E-state index contributed by atoms with van der Waals surface area (Å²) in [7, 11) is 2.12. The largest absolute Gasteiger partial charge is 0.459 e. The smallest absolute Gasteiger partial charge is 0.283 e. The minimum absolute atomic E-state index is 0.430. The molecule has 132 valence electrons. The van der Waals surface area contributed by atoms with Crippen LogP contribution in [0.4, 0.5) is 0 Å². The molecule has 1 aliphatic rings. The van der Waals surface area contributed by atoms with Crippen LogP contribution in [0.15, 0.2) is 21.2 Å². The minimum Gasteiger partial charge on any atom is -0.459 e. The van der Waals surface area contributed by atoms with E-state index in [0.717, 1.165) is 30.9 Å². The van der Waals surface area contributed by atoms with E-state index in [1.807, 2.05) is 13.0 Å². The van der Waals surface area contributed by atoms with E-state index in [4.69, 9.17) is 13.8 Å². The fourth-order valence-corrected chi connectivity index (χ4v) is 3.45. The van der Waals surface area contributed by atoms with Crippen LogP contribution in [0.5, 0.6) is 0 Å². The van der Waals surface area contributed by atoms with E-state index < -0.39 is 0 Å². The third-order valence-corrected chi connectivity index (χ3v) is 4.77. The average molecular weight is 341 g/mol. The SMILES string of the molecule is Cc1ccoc1-c1nnc(CN2CCc3c(nc(C(C)C)n3C)C2)o1. The number of rotatable bonds is 4. The summed E-state index contributed by atoms with van der Waals surface area (Å²) in [6.45, 7) is 8.72. The number of furan rings is 1. The molecule has 0 bridgehead atoms. The Morgan fingerprint density at radius 1 is 1.28 bits per heavy atom. The molecule has 3 aromatic heterocycles. The highest BCUT2D eigenvalue weighted by Crippen LogP contribution is 2.26. The Bertz CT molecular complexity index is 889. The van der Waals surface area contributed by atoms with Gasteiger partial charge in [0.15, 0.2) is 5.76 Å². The van der Waals surface area contributed by atoms with Crippen LogP contribution in [0, 0.1) is 6.92 Å². The first-order chi connectivity index (χ1) is 12.0. The summed E-state index contributed by atoms with van der Waals surface area (Å²) < 4.78 is 13.5. The van der Waals surface area contributed by atoms with Gasteiger partial charge >= 0.3 is 0 Å². The van der Waals surface area contributed by atoms with Crippen LogP contribution in [0.25, 0.3) is 11.7 Å². The minimum atomic E-state index is 0.430. The van der Waals surface area contributed by atoms with Crippen molar-refractivity contribution in [2.75, 3.05) is 6.54 Å². The van der Waals surface area contributed by atoms with Crippen LogP contribution in [0.1, 0.15) is 48.4 Å². The van der Waals surface area contributed by atoms with Gasteiger partial charge in [0.2, 0.25) is 5.89 Å². The van der Waals surface area contributed by atoms with E-state index in [1.165, 1.54) is 11.4 Å². The molecule has 0 saturated carbocycles. The first-order valence-corrected chi connectivity index (χ1v) is 8.66. The van der Waals surface area contributed by atoms with Gasteiger partial charge in [0.1, 0.15) is 5.82 Å². The number of aryl methyl sites for hydroxylation is 1. The van der Waals surface area contributed by atoms with E-state index in [9.17, 15) is 0 Å². The van der Waals surface area contributed by atoms with Gasteiger partial charge in [-0.05, 0) is 13.0 Å². The molecule has 0 fully saturated rings. The Kier molecular flexibility index (Phi) is 3.95. The lowest BCUT2D eigenvalue weighted by atomic mass is 10.1. The molecule has 0 saturated heterocycles. The van der Waals surface area contributed by atoms with E-state index in [2.05, 4.69) is 40.6 Å². The molecule has 7 heteroatoms. The summed E-state index contributed by atoms with van der Waals surface area (Å²) >= 11 is 0. The molecule has 0 unspecified atom stereocenters. The van der Waals surface area contributed by atoms with E-state index in [0.29, 0.717) is 30.0 Å². The third-order valence-electron chi connectivity index (χ3n) is 4.77. The highest BCUT2D eigenvalue weighted by atomic mass is 16.4. The van der Waals surface area contributed by atoms with Gasteiger partial charge in [-0.2, -0.15) is 0 Å². The second kappa shape index (κ2) is 6.15. The Balaban J connectivity index is 1.49. The van der Waals surface area contributed by atoms with E-state index >= 15 is 0 Å². The summed E-state index contributed by atoms with van der Waals surface area (Å²) in [5.74, 6) is 3.27. The van der Waals surface area contributed by atoms with Crippen LogP contribution >= 0.6 is 0 Å². The Labute approximate surface area is 146 Å². The highest BCUT2D eigenvalue weighted by molar-refractivity contribution is 5.49. The van der Waals surface area contributed by atoms with Crippen molar-refractivity contribution >= 4 is 0 Å². The van der Waals surface area contributed by atoms with Crippen LogP contribution in [-0.2, 0) is 26.6 Å². The molecule has 0 radical (unpaired) electrons. The molecule has 25 heavy (non-hydrogen) atoms. The first kappa shape index (κ1) is 16.1. The van der Waals surface area contributed by atoms with Crippen molar-refractivity contribution < 1.29 is 8.83 Å².